The second-order valence-corrected chi connectivity index (χ2v) is 3.70. The van der Waals surface area contributed by atoms with E-state index in [9.17, 15) is 9.18 Å². The lowest BCUT2D eigenvalue weighted by atomic mass is 10.2. The number of phenols is 1. The summed E-state index contributed by atoms with van der Waals surface area (Å²) in [5.41, 5.74) is -0.0915. The lowest BCUT2D eigenvalue weighted by Crippen LogP contribution is -2.36. The van der Waals surface area contributed by atoms with Gasteiger partial charge in [0.05, 0.1) is 12.2 Å². The first-order valence-corrected chi connectivity index (χ1v) is 5.41. The summed E-state index contributed by atoms with van der Waals surface area (Å²) in [7, 11) is 0. The highest BCUT2D eigenvalue weighted by atomic mass is 19.1. The van der Waals surface area contributed by atoms with E-state index in [1.54, 1.807) is 6.92 Å². The smallest absolute Gasteiger partial charge is 0.254 e. The maximum absolute atomic E-state index is 13.4. The van der Waals surface area contributed by atoms with Gasteiger partial charge in [-0.2, -0.15) is 0 Å². The number of aromatic hydroxyl groups is 1. The zero-order valence-electron chi connectivity index (χ0n) is 9.87. The fourth-order valence-electron chi connectivity index (χ4n) is 1.33. The maximum atomic E-state index is 13.4. The number of hydrogen-bond donors (Lipinski definition) is 2. The van der Waals surface area contributed by atoms with Gasteiger partial charge in [-0.05, 0) is 26.0 Å². The molecule has 1 amide bonds. The summed E-state index contributed by atoms with van der Waals surface area (Å²) in [4.78, 5) is 11.7. The molecule has 0 saturated carbocycles. The van der Waals surface area contributed by atoms with Crippen molar-refractivity contribution in [3.8, 4) is 5.75 Å². The summed E-state index contributed by atoms with van der Waals surface area (Å²) in [6.07, 6.45) is 0. The van der Waals surface area contributed by atoms with Gasteiger partial charge in [0, 0.05) is 18.7 Å². The molecule has 94 valence electrons. The minimum atomic E-state index is -0.744. The number of benzene rings is 1. The summed E-state index contributed by atoms with van der Waals surface area (Å²) in [6.45, 7) is 4.57. The Bertz CT molecular complexity index is 395. The highest BCUT2D eigenvalue weighted by Crippen LogP contribution is 2.14. The van der Waals surface area contributed by atoms with Gasteiger partial charge < -0.3 is 15.2 Å². The van der Waals surface area contributed by atoms with E-state index >= 15 is 0 Å². The van der Waals surface area contributed by atoms with E-state index in [1.165, 1.54) is 12.1 Å². The standard InChI is InChI=1S/C12H16FNO3/c1-3-17-7-8(2)14-12(16)10-5-4-9(15)6-11(10)13/h4-6,8,15H,3,7H2,1-2H3,(H,14,16). The first kappa shape index (κ1) is 13.4. The summed E-state index contributed by atoms with van der Waals surface area (Å²) >= 11 is 0. The monoisotopic (exact) mass is 241 g/mol. The van der Waals surface area contributed by atoms with Crippen molar-refractivity contribution in [2.45, 2.75) is 19.9 Å². The van der Waals surface area contributed by atoms with Gasteiger partial charge >= 0.3 is 0 Å². The normalized spacial score (nSPS) is 12.2. The van der Waals surface area contributed by atoms with Crippen LogP contribution in [0.4, 0.5) is 4.39 Å². The number of phenolic OH excluding ortho intramolecular Hbond substituents is 1. The zero-order chi connectivity index (χ0) is 12.8. The minimum Gasteiger partial charge on any atom is -0.508 e. The van der Waals surface area contributed by atoms with Gasteiger partial charge in [-0.25, -0.2) is 4.39 Å². The molecule has 2 N–H and O–H groups in total. The van der Waals surface area contributed by atoms with Crippen molar-refractivity contribution in [3.05, 3.63) is 29.6 Å². The molecule has 0 heterocycles. The van der Waals surface area contributed by atoms with Crippen LogP contribution in [-0.2, 0) is 4.74 Å². The largest absolute Gasteiger partial charge is 0.508 e. The van der Waals surface area contributed by atoms with Crippen LogP contribution in [0.5, 0.6) is 5.75 Å². The van der Waals surface area contributed by atoms with E-state index in [0.29, 0.717) is 13.2 Å². The number of halogens is 1. The van der Waals surface area contributed by atoms with E-state index in [1.807, 2.05) is 6.92 Å². The van der Waals surface area contributed by atoms with E-state index in [2.05, 4.69) is 5.32 Å². The molecule has 0 aromatic heterocycles. The van der Waals surface area contributed by atoms with Gasteiger partial charge in [0.1, 0.15) is 11.6 Å². The summed E-state index contributed by atoms with van der Waals surface area (Å²) < 4.78 is 18.5. The highest BCUT2D eigenvalue weighted by Gasteiger charge is 2.14. The van der Waals surface area contributed by atoms with E-state index < -0.39 is 11.7 Å². The van der Waals surface area contributed by atoms with Crippen LogP contribution in [0.2, 0.25) is 0 Å². The summed E-state index contributed by atoms with van der Waals surface area (Å²) in [5, 5.41) is 11.6. The van der Waals surface area contributed by atoms with Crippen molar-refractivity contribution < 1.29 is 19.0 Å². The van der Waals surface area contributed by atoms with Crippen LogP contribution in [-0.4, -0.2) is 30.3 Å². The van der Waals surface area contributed by atoms with Gasteiger partial charge in [0.25, 0.3) is 5.91 Å². The third-order valence-corrected chi connectivity index (χ3v) is 2.15. The van der Waals surface area contributed by atoms with Crippen LogP contribution in [0.1, 0.15) is 24.2 Å². The van der Waals surface area contributed by atoms with Crippen LogP contribution >= 0.6 is 0 Å². The molecule has 0 bridgehead atoms. The third kappa shape index (κ3) is 4.03. The number of nitrogens with one attached hydrogen (secondary N) is 1. The van der Waals surface area contributed by atoms with Crippen LogP contribution in [0.3, 0.4) is 0 Å². The number of amides is 1. The quantitative estimate of drug-likeness (QED) is 0.824. The average molecular weight is 241 g/mol. The SMILES string of the molecule is CCOCC(C)NC(=O)c1ccc(O)cc1F. The molecule has 0 radical (unpaired) electrons. The van der Waals surface area contributed by atoms with Gasteiger partial charge in [-0.15, -0.1) is 0 Å². The van der Waals surface area contributed by atoms with Gasteiger partial charge in [-0.3, -0.25) is 4.79 Å². The second-order valence-electron chi connectivity index (χ2n) is 3.70. The van der Waals surface area contributed by atoms with Crippen LogP contribution in [0, 0.1) is 5.82 Å². The number of carbonyl (C=O) groups is 1. The first-order valence-electron chi connectivity index (χ1n) is 5.41. The van der Waals surface area contributed by atoms with Crippen LogP contribution < -0.4 is 5.32 Å². The Balaban J connectivity index is 2.63. The van der Waals surface area contributed by atoms with Crippen molar-refractivity contribution in [3.63, 3.8) is 0 Å². The number of ether oxygens (including phenoxy) is 1. The van der Waals surface area contributed by atoms with Crippen molar-refractivity contribution in [1.82, 2.24) is 5.32 Å². The highest BCUT2D eigenvalue weighted by molar-refractivity contribution is 5.94. The molecule has 17 heavy (non-hydrogen) atoms. The Morgan fingerprint density at radius 3 is 2.88 bits per heavy atom. The molecule has 1 rings (SSSR count). The predicted octanol–water partition coefficient (Wildman–Crippen LogP) is 1.69. The molecule has 1 atom stereocenters. The third-order valence-electron chi connectivity index (χ3n) is 2.15. The summed E-state index contributed by atoms with van der Waals surface area (Å²) in [6, 6.07) is 3.22. The van der Waals surface area contributed by atoms with E-state index in [-0.39, 0.29) is 17.4 Å². The lowest BCUT2D eigenvalue weighted by Gasteiger charge is -2.13. The second kappa shape index (κ2) is 6.20. The van der Waals surface area contributed by atoms with Gasteiger partial charge in [0.2, 0.25) is 0 Å². The number of hydrogen-bond acceptors (Lipinski definition) is 3. The number of carbonyl (C=O) groups excluding carboxylic acids is 1. The number of rotatable bonds is 5. The summed E-state index contributed by atoms with van der Waals surface area (Å²) in [5.74, 6) is -1.47. The molecule has 0 aliphatic carbocycles. The molecular weight excluding hydrogens is 225 g/mol. The Kier molecular flexibility index (Phi) is 4.90. The minimum absolute atomic E-state index is 0.0915. The Morgan fingerprint density at radius 1 is 1.59 bits per heavy atom. The molecule has 0 saturated heterocycles. The van der Waals surface area contributed by atoms with Crippen molar-refractivity contribution in [2.24, 2.45) is 0 Å². The molecule has 1 aromatic carbocycles. The molecule has 0 spiro atoms. The fraction of sp³-hybridized carbons (Fsp3) is 0.417. The van der Waals surface area contributed by atoms with Crippen LogP contribution in [0.15, 0.2) is 18.2 Å². The molecule has 5 heteroatoms. The Labute approximate surface area is 99.4 Å². The van der Waals surface area contributed by atoms with Crippen molar-refractivity contribution >= 4 is 5.91 Å². The molecule has 0 aliphatic rings. The van der Waals surface area contributed by atoms with Gasteiger partial charge in [0.15, 0.2) is 0 Å². The zero-order valence-corrected chi connectivity index (χ0v) is 9.87. The molecule has 1 aromatic rings. The van der Waals surface area contributed by atoms with Gasteiger partial charge in [-0.1, -0.05) is 0 Å². The maximum Gasteiger partial charge on any atom is 0.254 e. The first-order chi connectivity index (χ1) is 8.04. The van der Waals surface area contributed by atoms with E-state index in [4.69, 9.17) is 9.84 Å². The molecule has 0 fully saturated rings. The molecule has 1 unspecified atom stereocenters. The lowest BCUT2D eigenvalue weighted by molar-refractivity contribution is 0.0868. The molecule has 0 aliphatic heterocycles. The fourth-order valence-corrected chi connectivity index (χ4v) is 1.33. The molecule has 4 nitrogen and oxygen atoms in total. The predicted molar refractivity (Wildman–Crippen MR) is 61.5 cm³/mol. The van der Waals surface area contributed by atoms with Crippen molar-refractivity contribution in [1.29, 1.82) is 0 Å². The van der Waals surface area contributed by atoms with Crippen molar-refractivity contribution in [2.75, 3.05) is 13.2 Å². The Hall–Kier alpha value is -1.62. The Morgan fingerprint density at radius 2 is 2.29 bits per heavy atom. The van der Waals surface area contributed by atoms with E-state index in [0.717, 1.165) is 6.07 Å². The van der Waals surface area contributed by atoms with Crippen LogP contribution in [0.25, 0.3) is 0 Å². The average Bonchev–Trinajstić information content (AvgIpc) is 2.26. The molecular formula is C12H16FNO3. The topological polar surface area (TPSA) is 58.6 Å².